The predicted octanol–water partition coefficient (Wildman–Crippen LogP) is 3.10. The van der Waals surface area contributed by atoms with Gasteiger partial charge < -0.3 is 14.6 Å². The molecule has 3 amide bonds. The Hall–Kier alpha value is -3.93. The number of nitrogens with one attached hydrogen (secondary N) is 2. The van der Waals surface area contributed by atoms with Crippen molar-refractivity contribution < 1.29 is 27.9 Å². The van der Waals surface area contributed by atoms with Crippen LogP contribution in [0.15, 0.2) is 48.5 Å². The van der Waals surface area contributed by atoms with Gasteiger partial charge >= 0.3 is 0 Å². The van der Waals surface area contributed by atoms with E-state index >= 15 is 0 Å². The summed E-state index contributed by atoms with van der Waals surface area (Å²) in [7, 11) is -0.345. The Morgan fingerprint density at radius 3 is 2.46 bits per heavy atom. The van der Waals surface area contributed by atoms with Crippen molar-refractivity contribution in [3.8, 4) is 16.9 Å². The van der Waals surface area contributed by atoms with E-state index in [1.54, 1.807) is 60.0 Å². The number of carbonyl (C=O) groups excluding carboxylic acids is 3. The summed E-state index contributed by atoms with van der Waals surface area (Å²) in [6.07, 6.45) is -0.176. The number of imide groups is 1. The smallest absolute Gasteiger partial charge is 0.259 e. The van der Waals surface area contributed by atoms with E-state index in [0.29, 0.717) is 38.0 Å². The molecule has 0 bridgehead atoms. The van der Waals surface area contributed by atoms with Crippen LogP contribution >= 0.6 is 11.6 Å². The second kappa shape index (κ2) is 9.99. The number of rotatable bonds is 8. The average Bonchev–Trinajstić information content (AvgIpc) is 3.33. The maximum absolute atomic E-state index is 13.1. The van der Waals surface area contributed by atoms with Gasteiger partial charge in [-0.15, -0.1) is 0 Å². The van der Waals surface area contributed by atoms with E-state index in [9.17, 15) is 27.9 Å². The monoisotopic (exact) mass is 568 g/mol. The van der Waals surface area contributed by atoms with E-state index in [2.05, 4.69) is 10.0 Å². The number of hydrogen-bond donors (Lipinski definition) is 3. The second-order valence-corrected chi connectivity index (χ2v) is 11.8. The summed E-state index contributed by atoms with van der Waals surface area (Å²) in [6.45, 7) is 0.325. The first-order chi connectivity index (χ1) is 18.5. The minimum Gasteiger partial charge on any atom is -0.508 e. The first kappa shape index (κ1) is 26.7. The zero-order valence-electron chi connectivity index (χ0n) is 21.1. The summed E-state index contributed by atoms with van der Waals surface area (Å²) in [5, 5.41) is 13.9. The van der Waals surface area contributed by atoms with Crippen LogP contribution in [0.25, 0.3) is 32.9 Å². The number of benzene rings is 3. The van der Waals surface area contributed by atoms with Crippen molar-refractivity contribution in [2.45, 2.75) is 13.0 Å². The van der Waals surface area contributed by atoms with Gasteiger partial charge in [0.2, 0.25) is 15.9 Å². The number of amides is 3. The Bertz CT molecular complexity index is 1800. The van der Waals surface area contributed by atoms with Crippen LogP contribution in [0.3, 0.4) is 0 Å². The average molecular weight is 569 g/mol. The minimum absolute atomic E-state index is 0.0417. The number of aromatic nitrogens is 1. The third kappa shape index (κ3) is 4.96. The highest BCUT2D eigenvalue weighted by Gasteiger charge is 2.35. The van der Waals surface area contributed by atoms with Gasteiger partial charge in [0, 0.05) is 46.4 Å². The molecule has 2 heterocycles. The number of fused-ring (bicyclic) bond motifs is 5. The van der Waals surface area contributed by atoms with Crippen molar-refractivity contribution in [2.75, 3.05) is 26.4 Å². The fourth-order valence-corrected chi connectivity index (χ4v) is 6.25. The number of hydrogen-bond acceptors (Lipinski definition) is 7. The van der Waals surface area contributed by atoms with E-state index < -0.39 is 27.7 Å². The number of aryl methyl sites for hydroxylation is 1. The van der Waals surface area contributed by atoms with Crippen molar-refractivity contribution in [2.24, 2.45) is 0 Å². The van der Waals surface area contributed by atoms with Gasteiger partial charge in [-0.1, -0.05) is 29.8 Å². The highest BCUT2D eigenvalue weighted by Crippen LogP contribution is 2.42. The van der Waals surface area contributed by atoms with Crippen molar-refractivity contribution in [3.63, 3.8) is 0 Å². The van der Waals surface area contributed by atoms with Gasteiger partial charge in [0.1, 0.15) is 5.75 Å². The molecule has 0 fully saturated rings. The highest BCUT2D eigenvalue weighted by molar-refractivity contribution is 7.90. The lowest BCUT2D eigenvalue weighted by Gasteiger charge is -2.13. The summed E-state index contributed by atoms with van der Waals surface area (Å²) in [4.78, 5) is 40.3. The standard InChI is InChI=1S/C27H25ClN4O6S/c1-31(2)11-12-39(37,38)30-22(34)9-10-32-20-8-7-15(33)13-18(20)23-21(32)14-17(16-5-3-4-6-19(16)28)24-25(23)27(36)29-26(24)35/h3-8,13-14,33H,9-12H2,1-2H3,(H,30,34)(H,29,35,36). The summed E-state index contributed by atoms with van der Waals surface area (Å²) in [5.74, 6) is -2.09. The Morgan fingerprint density at radius 1 is 1.03 bits per heavy atom. The topological polar surface area (TPSA) is 138 Å². The van der Waals surface area contributed by atoms with Gasteiger partial charge in [-0.3, -0.25) is 24.4 Å². The van der Waals surface area contributed by atoms with Crippen LogP contribution in [0.1, 0.15) is 27.1 Å². The molecule has 1 aliphatic heterocycles. The fourth-order valence-electron chi connectivity index (χ4n) is 4.86. The van der Waals surface area contributed by atoms with Gasteiger partial charge in [-0.25, -0.2) is 8.42 Å². The number of carbonyl (C=O) groups is 3. The van der Waals surface area contributed by atoms with Crippen LogP contribution in [0.5, 0.6) is 5.75 Å². The van der Waals surface area contributed by atoms with E-state index in [1.165, 1.54) is 12.1 Å². The lowest BCUT2D eigenvalue weighted by molar-refractivity contribution is -0.119. The number of halogens is 1. The van der Waals surface area contributed by atoms with Crippen LogP contribution < -0.4 is 10.0 Å². The molecule has 3 aromatic carbocycles. The highest BCUT2D eigenvalue weighted by atomic mass is 35.5. The number of phenols is 1. The largest absolute Gasteiger partial charge is 0.508 e. The summed E-state index contributed by atoms with van der Waals surface area (Å²) < 4.78 is 28.5. The molecule has 12 heteroatoms. The predicted molar refractivity (Wildman–Crippen MR) is 148 cm³/mol. The van der Waals surface area contributed by atoms with E-state index in [1.807, 2.05) is 0 Å². The zero-order chi connectivity index (χ0) is 28.1. The summed E-state index contributed by atoms with van der Waals surface area (Å²) >= 11 is 6.48. The quantitative estimate of drug-likeness (QED) is 0.278. The number of sulfonamides is 1. The zero-order valence-corrected chi connectivity index (χ0v) is 22.7. The SMILES string of the molecule is CN(C)CCS(=O)(=O)NC(=O)CCn1c2ccc(O)cc2c2c3c(c(-c4ccccc4Cl)cc21)C(=O)NC3=O. The normalized spacial score (nSPS) is 13.3. The lowest BCUT2D eigenvalue weighted by atomic mass is 9.93. The van der Waals surface area contributed by atoms with Crippen molar-refractivity contribution >= 4 is 61.2 Å². The molecule has 0 aliphatic carbocycles. The minimum atomic E-state index is -3.82. The molecule has 0 saturated heterocycles. The fraction of sp³-hybridized carbons (Fsp3) is 0.222. The van der Waals surface area contributed by atoms with Crippen LogP contribution in [-0.4, -0.2) is 67.1 Å². The Balaban J connectivity index is 1.65. The molecule has 5 rings (SSSR count). The number of nitrogens with zero attached hydrogens (tertiary/aromatic N) is 2. The third-order valence-corrected chi connectivity index (χ3v) is 8.21. The van der Waals surface area contributed by atoms with Crippen LogP contribution in [0.2, 0.25) is 5.02 Å². The van der Waals surface area contributed by atoms with Gasteiger partial charge in [0.15, 0.2) is 0 Å². The van der Waals surface area contributed by atoms with Crippen LogP contribution in [-0.2, 0) is 21.4 Å². The van der Waals surface area contributed by atoms with Gasteiger partial charge in [-0.2, -0.15) is 0 Å². The molecule has 0 spiro atoms. The van der Waals surface area contributed by atoms with Gasteiger partial charge in [-0.05, 0) is 50.0 Å². The second-order valence-electron chi connectivity index (χ2n) is 9.58. The maximum atomic E-state index is 13.1. The molecule has 0 atom stereocenters. The van der Waals surface area contributed by atoms with E-state index in [4.69, 9.17) is 11.6 Å². The van der Waals surface area contributed by atoms with Crippen molar-refractivity contribution in [1.82, 2.24) is 19.5 Å². The number of aromatic hydroxyl groups is 1. The maximum Gasteiger partial charge on any atom is 0.259 e. The Labute approximate surface area is 229 Å². The molecular weight excluding hydrogens is 544 g/mol. The molecule has 0 unspecified atom stereocenters. The molecule has 39 heavy (non-hydrogen) atoms. The number of phenolic OH excluding ortho intramolecular Hbond substituents is 1. The Kier molecular flexibility index (Phi) is 6.83. The van der Waals surface area contributed by atoms with Crippen molar-refractivity contribution in [3.05, 3.63) is 64.7 Å². The van der Waals surface area contributed by atoms with Crippen LogP contribution in [0.4, 0.5) is 0 Å². The van der Waals surface area contributed by atoms with E-state index in [-0.39, 0.29) is 42.1 Å². The summed E-state index contributed by atoms with van der Waals surface area (Å²) in [5.41, 5.74) is 2.43. The van der Waals surface area contributed by atoms with Gasteiger partial charge in [0.25, 0.3) is 11.8 Å². The molecule has 1 aliphatic rings. The molecular formula is C27H25ClN4O6S. The Morgan fingerprint density at radius 2 is 1.74 bits per heavy atom. The molecule has 202 valence electrons. The third-order valence-electron chi connectivity index (χ3n) is 6.62. The van der Waals surface area contributed by atoms with E-state index in [0.717, 1.165) is 0 Å². The van der Waals surface area contributed by atoms with Gasteiger partial charge in [0.05, 0.1) is 22.4 Å². The molecule has 1 aromatic heterocycles. The molecule has 4 aromatic rings. The lowest BCUT2D eigenvalue weighted by Crippen LogP contribution is -2.36. The summed E-state index contributed by atoms with van der Waals surface area (Å²) in [6, 6.07) is 13.3. The van der Waals surface area contributed by atoms with Crippen molar-refractivity contribution in [1.29, 1.82) is 0 Å². The molecule has 3 N–H and O–H groups in total. The molecule has 0 radical (unpaired) electrons. The van der Waals surface area contributed by atoms with Crippen LogP contribution in [0, 0.1) is 0 Å². The first-order valence-corrected chi connectivity index (χ1v) is 14.1. The molecule has 0 saturated carbocycles. The first-order valence-electron chi connectivity index (χ1n) is 12.1. The molecule has 10 nitrogen and oxygen atoms in total.